The van der Waals surface area contributed by atoms with Crippen LogP contribution in [0.2, 0.25) is 0 Å². The summed E-state index contributed by atoms with van der Waals surface area (Å²) in [4.78, 5) is 14.8. The van der Waals surface area contributed by atoms with Crippen molar-refractivity contribution < 1.29 is 9.53 Å². The summed E-state index contributed by atoms with van der Waals surface area (Å²) >= 11 is 0. The molecule has 1 saturated heterocycles. The number of nitrogens with one attached hydrogen (secondary N) is 1. The molecule has 0 aromatic heterocycles. The lowest BCUT2D eigenvalue weighted by Gasteiger charge is -2.31. The minimum atomic E-state index is -0.286. The summed E-state index contributed by atoms with van der Waals surface area (Å²) in [5, 5.41) is 3.39. The number of benzene rings is 1. The molecule has 4 heteroatoms. The smallest absolute Gasteiger partial charge is 0.328 e. The molecule has 0 spiro atoms. The lowest BCUT2D eigenvalue weighted by Crippen LogP contribution is -2.38. The highest BCUT2D eigenvalue weighted by Gasteiger charge is 2.31. The molecule has 21 heavy (non-hydrogen) atoms. The van der Waals surface area contributed by atoms with Crippen molar-refractivity contribution >= 4 is 5.97 Å². The Morgan fingerprint density at radius 2 is 2.00 bits per heavy atom. The van der Waals surface area contributed by atoms with Crippen LogP contribution < -0.4 is 5.32 Å². The van der Waals surface area contributed by atoms with Crippen LogP contribution in [0.3, 0.4) is 0 Å². The number of ether oxygens (including phenoxy) is 1. The highest BCUT2D eigenvalue weighted by Crippen LogP contribution is 2.28. The maximum Gasteiger partial charge on any atom is 0.328 e. The fraction of sp³-hybridized carbons (Fsp3) is 0.588. The third-order valence-electron chi connectivity index (χ3n) is 4.07. The predicted molar refractivity (Wildman–Crippen MR) is 84.3 cm³/mol. The van der Waals surface area contributed by atoms with E-state index < -0.39 is 0 Å². The Labute approximate surface area is 127 Å². The molecule has 4 nitrogen and oxygen atoms in total. The molecule has 0 radical (unpaired) electrons. The van der Waals surface area contributed by atoms with Crippen LogP contribution in [0.15, 0.2) is 18.2 Å². The molecule has 0 aliphatic carbocycles. The zero-order valence-corrected chi connectivity index (χ0v) is 13.3. The Morgan fingerprint density at radius 3 is 2.67 bits per heavy atom. The Kier molecular flexibility index (Phi) is 5.76. The van der Waals surface area contributed by atoms with E-state index in [0.29, 0.717) is 6.61 Å². The number of aryl methyl sites for hydroxylation is 2. The molecule has 0 amide bonds. The van der Waals surface area contributed by atoms with Gasteiger partial charge in [-0.05, 0) is 50.4 Å². The van der Waals surface area contributed by atoms with Gasteiger partial charge in [0.25, 0.3) is 0 Å². The molecule has 1 aliphatic heterocycles. The first-order valence-electron chi connectivity index (χ1n) is 7.82. The van der Waals surface area contributed by atoms with Crippen LogP contribution in [0.4, 0.5) is 0 Å². The number of carbonyl (C=O) groups is 1. The standard InChI is InChI=1S/C17H26N2O2/c1-4-21-17(20)16(19-11-6-9-18-10-12-19)15-13(2)7-5-8-14(15)3/h5,7-8,16,18H,4,6,9-12H2,1-3H3. The van der Waals surface area contributed by atoms with Gasteiger partial charge >= 0.3 is 5.97 Å². The zero-order chi connectivity index (χ0) is 15.2. The van der Waals surface area contributed by atoms with E-state index in [1.54, 1.807) is 0 Å². The highest BCUT2D eigenvalue weighted by atomic mass is 16.5. The second kappa shape index (κ2) is 7.57. The van der Waals surface area contributed by atoms with Gasteiger partial charge in [0.05, 0.1) is 6.61 Å². The van der Waals surface area contributed by atoms with Crippen molar-refractivity contribution in [2.75, 3.05) is 32.8 Å². The summed E-state index contributed by atoms with van der Waals surface area (Å²) in [7, 11) is 0. The molecule has 1 aromatic carbocycles. The van der Waals surface area contributed by atoms with Crippen molar-refractivity contribution in [3.8, 4) is 0 Å². The Morgan fingerprint density at radius 1 is 1.29 bits per heavy atom. The lowest BCUT2D eigenvalue weighted by molar-refractivity contribution is -0.149. The van der Waals surface area contributed by atoms with Gasteiger partial charge in [-0.15, -0.1) is 0 Å². The van der Waals surface area contributed by atoms with Gasteiger partial charge in [-0.1, -0.05) is 18.2 Å². The molecule has 1 atom stereocenters. The first kappa shape index (κ1) is 16.0. The highest BCUT2D eigenvalue weighted by molar-refractivity contribution is 5.78. The third-order valence-corrected chi connectivity index (χ3v) is 4.07. The van der Waals surface area contributed by atoms with Gasteiger partial charge < -0.3 is 10.1 Å². The van der Waals surface area contributed by atoms with Crippen molar-refractivity contribution in [3.63, 3.8) is 0 Å². The summed E-state index contributed by atoms with van der Waals surface area (Å²) in [5.74, 6) is -0.128. The van der Waals surface area contributed by atoms with Crippen LogP contribution in [0.1, 0.15) is 36.1 Å². The van der Waals surface area contributed by atoms with Crippen LogP contribution >= 0.6 is 0 Å². The van der Waals surface area contributed by atoms with E-state index in [2.05, 4.69) is 36.2 Å². The van der Waals surface area contributed by atoms with Crippen LogP contribution in [0, 0.1) is 13.8 Å². The van der Waals surface area contributed by atoms with Crippen molar-refractivity contribution in [1.82, 2.24) is 10.2 Å². The number of rotatable bonds is 4. The van der Waals surface area contributed by atoms with Gasteiger partial charge in [0.2, 0.25) is 0 Å². The first-order valence-corrected chi connectivity index (χ1v) is 7.82. The SMILES string of the molecule is CCOC(=O)C(c1c(C)cccc1C)N1CCCNCC1. The van der Waals surface area contributed by atoms with Crippen LogP contribution in [-0.4, -0.2) is 43.7 Å². The molecule has 1 aliphatic rings. The van der Waals surface area contributed by atoms with Crippen LogP contribution in [-0.2, 0) is 9.53 Å². The lowest BCUT2D eigenvalue weighted by atomic mass is 9.94. The van der Waals surface area contributed by atoms with Crippen molar-refractivity contribution in [1.29, 1.82) is 0 Å². The number of hydrogen-bond donors (Lipinski definition) is 1. The second-order valence-corrected chi connectivity index (χ2v) is 5.60. The van der Waals surface area contributed by atoms with E-state index in [0.717, 1.165) is 49.3 Å². The summed E-state index contributed by atoms with van der Waals surface area (Å²) in [6, 6.07) is 5.90. The molecule has 1 unspecified atom stereocenters. The second-order valence-electron chi connectivity index (χ2n) is 5.60. The van der Waals surface area contributed by atoms with E-state index in [-0.39, 0.29) is 12.0 Å². The monoisotopic (exact) mass is 290 g/mol. The van der Waals surface area contributed by atoms with Crippen LogP contribution in [0.5, 0.6) is 0 Å². The Bertz CT molecular complexity index is 459. The predicted octanol–water partition coefficient (Wildman–Crippen LogP) is 2.20. The molecular formula is C17H26N2O2. The molecule has 116 valence electrons. The number of nitrogens with zero attached hydrogens (tertiary/aromatic N) is 1. The number of hydrogen-bond acceptors (Lipinski definition) is 4. The Hall–Kier alpha value is -1.39. The summed E-state index contributed by atoms with van der Waals surface area (Å²) in [6.45, 7) is 10.2. The average Bonchev–Trinajstić information content (AvgIpc) is 2.72. The van der Waals surface area contributed by atoms with Gasteiger partial charge in [0.15, 0.2) is 0 Å². The molecule has 0 bridgehead atoms. The van der Waals surface area contributed by atoms with E-state index in [1.807, 2.05) is 13.0 Å². The maximum atomic E-state index is 12.6. The molecule has 1 fully saturated rings. The van der Waals surface area contributed by atoms with E-state index in [1.165, 1.54) is 0 Å². The third kappa shape index (κ3) is 3.83. The molecule has 1 N–H and O–H groups in total. The zero-order valence-electron chi connectivity index (χ0n) is 13.3. The van der Waals surface area contributed by atoms with E-state index in [9.17, 15) is 4.79 Å². The fourth-order valence-corrected chi connectivity index (χ4v) is 3.05. The van der Waals surface area contributed by atoms with Crippen molar-refractivity contribution in [3.05, 3.63) is 34.9 Å². The van der Waals surface area contributed by atoms with E-state index >= 15 is 0 Å². The molecule has 0 saturated carbocycles. The van der Waals surface area contributed by atoms with Crippen molar-refractivity contribution in [2.24, 2.45) is 0 Å². The molecule has 1 heterocycles. The minimum absolute atomic E-state index is 0.128. The summed E-state index contributed by atoms with van der Waals surface area (Å²) in [5.41, 5.74) is 3.42. The van der Waals surface area contributed by atoms with Gasteiger partial charge in [0, 0.05) is 19.6 Å². The summed E-state index contributed by atoms with van der Waals surface area (Å²) < 4.78 is 5.36. The fourth-order valence-electron chi connectivity index (χ4n) is 3.05. The molecule has 2 rings (SSSR count). The maximum absolute atomic E-state index is 12.6. The normalized spacial score (nSPS) is 18.0. The Balaban J connectivity index is 2.37. The van der Waals surface area contributed by atoms with Gasteiger partial charge in [-0.25, -0.2) is 4.79 Å². The van der Waals surface area contributed by atoms with Crippen molar-refractivity contribution in [2.45, 2.75) is 33.2 Å². The number of esters is 1. The molecule has 1 aromatic rings. The first-order chi connectivity index (χ1) is 10.1. The largest absolute Gasteiger partial charge is 0.465 e. The number of carbonyl (C=O) groups excluding carboxylic acids is 1. The van der Waals surface area contributed by atoms with E-state index in [4.69, 9.17) is 4.74 Å². The van der Waals surface area contributed by atoms with Gasteiger partial charge in [0.1, 0.15) is 6.04 Å². The molecular weight excluding hydrogens is 264 g/mol. The quantitative estimate of drug-likeness (QED) is 0.863. The van der Waals surface area contributed by atoms with Gasteiger partial charge in [-0.2, -0.15) is 0 Å². The van der Waals surface area contributed by atoms with Gasteiger partial charge in [-0.3, -0.25) is 4.90 Å². The average molecular weight is 290 g/mol. The topological polar surface area (TPSA) is 41.6 Å². The minimum Gasteiger partial charge on any atom is -0.465 e. The summed E-state index contributed by atoms with van der Waals surface area (Å²) in [6.07, 6.45) is 1.06. The van der Waals surface area contributed by atoms with Crippen LogP contribution in [0.25, 0.3) is 0 Å².